The van der Waals surface area contributed by atoms with E-state index in [1.165, 1.54) is 11.8 Å². The van der Waals surface area contributed by atoms with Gasteiger partial charge in [-0.1, -0.05) is 37.1 Å². The van der Waals surface area contributed by atoms with Gasteiger partial charge in [0, 0.05) is 17.3 Å². The van der Waals surface area contributed by atoms with Crippen molar-refractivity contribution in [2.24, 2.45) is 0 Å². The van der Waals surface area contributed by atoms with Crippen LogP contribution in [0.15, 0.2) is 24.3 Å². The molecule has 19 heavy (non-hydrogen) atoms. The normalized spacial score (nSPS) is 13.4. The molecule has 0 aliphatic rings. The number of sulfone groups is 1. The maximum atomic E-state index is 11.1. The highest BCUT2D eigenvalue weighted by molar-refractivity contribution is 7.90. The van der Waals surface area contributed by atoms with E-state index in [1.807, 2.05) is 24.3 Å². The van der Waals surface area contributed by atoms with Gasteiger partial charge in [-0.2, -0.15) is 0 Å². The monoisotopic (exact) mass is 303 g/mol. The van der Waals surface area contributed by atoms with Gasteiger partial charge in [0.2, 0.25) is 0 Å². The minimum Gasteiger partial charge on any atom is -0.310 e. The molecule has 0 fully saturated rings. The third kappa shape index (κ3) is 6.95. The molecule has 0 radical (unpaired) electrons. The van der Waals surface area contributed by atoms with E-state index in [1.54, 1.807) is 0 Å². The summed E-state index contributed by atoms with van der Waals surface area (Å²) < 4.78 is 22.1. The zero-order valence-electron chi connectivity index (χ0n) is 11.5. The lowest BCUT2D eigenvalue weighted by Crippen LogP contribution is -2.24. The molecule has 1 aromatic rings. The highest BCUT2D eigenvalue weighted by Crippen LogP contribution is 2.20. The van der Waals surface area contributed by atoms with Crippen molar-refractivity contribution in [2.75, 3.05) is 18.6 Å². The minimum atomic E-state index is -2.86. The van der Waals surface area contributed by atoms with Gasteiger partial charge in [0.1, 0.15) is 9.84 Å². The molecule has 0 aromatic heterocycles. The van der Waals surface area contributed by atoms with Gasteiger partial charge in [0.25, 0.3) is 0 Å². The van der Waals surface area contributed by atoms with Crippen LogP contribution in [0.3, 0.4) is 0 Å². The highest BCUT2D eigenvalue weighted by atomic mass is 35.5. The molecule has 108 valence electrons. The zero-order chi connectivity index (χ0) is 14.3. The van der Waals surface area contributed by atoms with Gasteiger partial charge in [-0.05, 0) is 37.1 Å². The van der Waals surface area contributed by atoms with Gasteiger partial charge in [0.15, 0.2) is 0 Å². The Balaban J connectivity index is 2.51. The first kappa shape index (κ1) is 16.5. The first-order chi connectivity index (χ1) is 8.92. The molecule has 1 unspecified atom stereocenters. The third-order valence-corrected chi connectivity index (χ3v) is 4.21. The summed E-state index contributed by atoms with van der Waals surface area (Å²) in [5.74, 6) is 0.236. The van der Waals surface area contributed by atoms with Crippen LogP contribution < -0.4 is 5.32 Å². The van der Waals surface area contributed by atoms with Crippen LogP contribution in [-0.4, -0.2) is 27.0 Å². The highest BCUT2D eigenvalue weighted by Gasteiger charge is 2.10. The van der Waals surface area contributed by atoms with E-state index < -0.39 is 9.84 Å². The third-order valence-electron chi connectivity index (χ3n) is 2.93. The van der Waals surface area contributed by atoms with E-state index in [0.29, 0.717) is 13.0 Å². The van der Waals surface area contributed by atoms with E-state index in [9.17, 15) is 8.42 Å². The summed E-state index contributed by atoms with van der Waals surface area (Å²) in [4.78, 5) is 0. The van der Waals surface area contributed by atoms with Gasteiger partial charge >= 0.3 is 0 Å². The summed E-state index contributed by atoms with van der Waals surface area (Å²) in [6.07, 6.45) is 4.02. The summed E-state index contributed by atoms with van der Waals surface area (Å²) in [5.41, 5.74) is 1.20. The van der Waals surface area contributed by atoms with E-state index in [0.717, 1.165) is 17.9 Å². The predicted molar refractivity (Wildman–Crippen MR) is 81.4 cm³/mol. The largest absolute Gasteiger partial charge is 0.310 e. The average Bonchev–Trinajstić information content (AvgIpc) is 2.33. The van der Waals surface area contributed by atoms with Crippen LogP contribution >= 0.6 is 11.6 Å². The molecule has 0 saturated heterocycles. The second kappa shape index (κ2) is 7.88. The van der Waals surface area contributed by atoms with Crippen molar-refractivity contribution in [1.82, 2.24) is 5.32 Å². The van der Waals surface area contributed by atoms with Crippen molar-refractivity contribution in [1.29, 1.82) is 0 Å². The van der Waals surface area contributed by atoms with E-state index in [-0.39, 0.29) is 11.8 Å². The maximum absolute atomic E-state index is 11.1. The number of rotatable bonds is 8. The summed E-state index contributed by atoms with van der Waals surface area (Å²) in [6.45, 7) is 2.85. The maximum Gasteiger partial charge on any atom is 0.147 e. The Kier molecular flexibility index (Phi) is 6.83. The molecule has 1 atom stereocenters. The molecule has 0 bridgehead atoms. The molecular weight excluding hydrogens is 282 g/mol. The molecule has 0 aliphatic heterocycles. The molecule has 0 saturated carbocycles. The second-order valence-electron chi connectivity index (χ2n) is 4.83. The van der Waals surface area contributed by atoms with Crippen molar-refractivity contribution >= 4 is 21.4 Å². The van der Waals surface area contributed by atoms with Gasteiger partial charge in [-0.3, -0.25) is 0 Å². The Labute approximate surface area is 121 Å². The van der Waals surface area contributed by atoms with Crippen LogP contribution in [0.2, 0.25) is 5.02 Å². The SMILES string of the molecule is CCCC(NCCCS(C)(=O)=O)c1ccc(Cl)cc1. The van der Waals surface area contributed by atoms with E-state index in [4.69, 9.17) is 11.6 Å². The number of halogens is 1. The second-order valence-corrected chi connectivity index (χ2v) is 7.53. The van der Waals surface area contributed by atoms with Gasteiger partial charge in [-0.15, -0.1) is 0 Å². The molecular formula is C14H22ClNO2S. The van der Waals surface area contributed by atoms with Crippen LogP contribution in [-0.2, 0) is 9.84 Å². The fourth-order valence-corrected chi connectivity index (χ4v) is 2.78. The minimum absolute atomic E-state index is 0.236. The lowest BCUT2D eigenvalue weighted by Gasteiger charge is -2.18. The zero-order valence-corrected chi connectivity index (χ0v) is 13.1. The number of benzene rings is 1. The average molecular weight is 304 g/mol. The summed E-state index contributed by atoms with van der Waals surface area (Å²) in [5, 5.41) is 4.15. The number of hydrogen-bond donors (Lipinski definition) is 1. The van der Waals surface area contributed by atoms with Crippen LogP contribution in [0, 0.1) is 0 Å². The topological polar surface area (TPSA) is 46.2 Å². The van der Waals surface area contributed by atoms with E-state index >= 15 is 0 Å². The van der Waals surface area contributed by atoms with E-state index in [2.05, 4.69) is 12.2 Å². The Morgan fingerprint density at radius 2 is 1.89 bits per heavy atom. The predicted octanol–water partition coefficient (Wildman–Crippen LogP) is 3.21. The standard InChI is InChI=1S/C14H22ClNO2S/c1-3-5-14(12-6-8-13(15)9-7-12)16-10-4-11-19(2,17)18/h6-9,14,16H,3-5,10-11H2,1-2H3. The Hall–Kier alpha value is -0.580. The smallest absolute Gasteiger partial charge is 0.147 e. The fraction of sp³-hybridized carbons (Fsp3) is 0.571. The summed E-state index contributed by atoms with van der Waals surface area (Å²) in [7, 11) is -2.86. The Bertz CT molecular complexity index is 471. The van der Waals surface area contributed by atoms with Crippen molar-refractivity contribution in [3.63, 3.8) is 0 Å². The lowest BCUT2D eigenvalue weighted by atomic mass is 10.0. The molecule has 3 nitrogen and oxygen atoms in total. The van der Waals surface area contributed by atoms with Crippen LogP contribution in [0.5, 0.6) is 0 Å². The first-order valence-electron chi connectivity index (χ1n) is 6.59. The van der Waals surface area contributed by atoms with Crippen molar-refractivity contribution in [3.05, 3.63) is 34.9 Å². The van der Waals surface area contributed by atoms with Gasteiger partial charge in [-0.25, -0.2) is 8.42 Å². The molecule has 1 N–H and O–H groups in total. The quantitative estimate of drug-likeness (QED) is 0.750. The molecule has 0 amide bonds. The molecule has 0 heterocycles. The summed E-state index contributed by atoms with van der Waals surface area (Å²) in [6, 6.07) is 8.08. The molecule has 1 rings (SSSR count). The van der Waals surface area contributed by atoms with Gasteiger partial charge in [0.05, 0.1) is 5.75 Å². The molecule has 0 spiro atoms. The van der Waals surface area contributed by atoms with Crippen LogP contribution in [0.4, 0.5) is 0 Å². The van der Waals surface area contributed by atoms with Crippen LogP contribution in [0.1, 0.15) is 37.8 Å². The Morgan fingerprint density at radius 1 is 1.26 bits per heavy atom. The Morgan fingerprint density at radius 3 is 2.42 bits per heavy atom. The molecule has 0 aliphatic carbocycles. The lowest BCUT2D eigenvalue weighted by molar-refractivity contribution is 0.493. The van der Waals surface area contributed by atoms with Gasteiger partial charge < -0.3 is 5.32 Å². The van der Waals surface area contributed by atoms with Crippen molar-refractivity contribution < 1.29 is 8.42 Å². The number of nitrogens with one attached hydrogen (secondary N) is 1. The molecule has 1 aromatic carbocycles. The fourth-order valence-electron chi connectivity index (χ4n) is 1.98. The van der Waals surface area contributed by atoms with Crippen molar-refractivity contribution in [2.45, 2.75) is 32.2 Å². The summed E-state index contributed by atoms with van der Waals surface area (Å²) >= 11 is 5.88. The number of hydrogen-bond acceptors (Lipinski definition) is 3. The van der Waals surface area contributed by atoms with Crippen LogP contribution in [0.25, 0.3) is 0 Å². The molecule has 5 heteroatoms. The van der Waals surface area contributed by atoms with Crippen molar-refractivity contribution in [3.8, 4) is 0 Å². The first-order valence-corrected chi connectivity index (χ1v) is 9.03.